The number of rotatable bonds is 8. The molecule has 0 saturated carbocycles. The second kappa shape index (κ2) is 10.3. The number of amides is 1. The molecule has 0 aromatic heterocycles. The van der Waals surface area contributed by atoms with E-state index < -0.39 is 0 Å². The molecule has 0 fully saturated rings. The fraction of sp³-hybridized carbons (Fsp3) is 0.192. The average molecular weight is 428 g/mol. The Hall–Kier alpha value is -4.11. The molecule has 6 heteroatoms. The summed E-state index contributed by atoms with van der Waals surface area (Å²) in [5.74, 6) is -0.0140. The molecule has 0 bridgehead atoms. The molecule has 0 aliphatic rings. The van der Waals surface area contributed by atoms with Crippen LogP contribution in [0.25, 0.3) is 0 Å². The molecule has 0 aliphatic carbocycles. The van der Waals surface area contributed by atoms with Gasteiger partial charge in [-0.25, -0.2) is 0 Å². The van der Waals surface area contributed by atoms with Crippen LogP contribution in [0.15, 0.2) is 60.7 Å². The van der Waals surface area contributed by atoms with Crippen molar-refractivity contribution in [2.75, 3.05) is 5.32 Å². The summed E-state index contributed by atoms with van der Waals surface area (Å²) in [5.41, 5.74) is 3.14. The molecule has 0 aliphatic heterocycles. The van der Waals surface area contributed by atoms with Gasteiger partial charge in [0, 0.05) is 16.8 Å². The van der Waals surface area contributed by atoms with Crippen molar-refractivity contribution in [3.63, 3.8) is 0 Å². The highest BCUT2D eigenvalue weighted by atomic mass is 16.5. The summed E-state index contributed by atoms with van der Waals surface area (Å²) in [6.07, 6.45) is 1.37. The minimum absolute atomic E-state index is 0.0301. The number of nitrogens with zero attached hydrogens (tertiary/aromatic N) is 1. The Morgan fingerprint density at radius 2 is 1.88 bits per heavy atom. The van der Waals surface area contributed by atoms with E-state index >= 15 is 0 Å². The third-order valence-corrected chi connectivity index (χ3v) is 4.95. The lowest BCUT2D eigenvalue weighted by atomic mass is 10.0. The van der Waals surface area contributed by atoms with Crippen molar-refractivity contribution < 1.29 is 19.4 Å². The molecule has 2 N–H and O–H groups in total. The van der Waals surface area contributed by atoms with E-state index in [9.17, 15) is 14.7 Å². The van der Waals surface area contributed by atoms with Gasteiger partial charge in [-0.15, -0.1) is 0 Å². The minimum atomic E-state index is -0.310. The molecule has 0 atom stereocenters. The molecule has 0 spiro atoms. The van der Waals surface area contributed by atoms with Gasteiger partial charge >= 0.3 is 0 Å². The lowest BCUT2D eigenvalue weighted by Gasteiger charge is -2.15. The maximum absolute atomic E-state index is 12.5. The summed E-state index contributed by atoms with van der Waals surface area (Å²) in [6.45, 7) is 3.63. The molecule has 0 unspecified atom stereocenters. The van der Waals surface area contributed by atoms with E-state index in [2.05, 4.69) is 5.32 Å². The van der Waals surface area contributed by atoms with Gasteiger partial charge in [-0.3, -0.25) is 9.59 Å². The van der Waals surface area contributed by atoms with Crippen LogP contribution in [-0.4, -0.2) is 16.8 Å². The largest absolute Gasteiger partial charge is 0.507 e. The van der Waals surface area contributed by atoms with E-state index in [1.807, 2.05) is 25.1 Å². The van der Waals surface area contributed by atoms with Gasteiger partial charge in [-0.2, -0.15) is 5.26 Å². The minimum Gasteiger partial charge on any atom is -0.507 e. The van der Waals surface area contributed by atoms with Crippen molar-refractivity contribution in [2.45, 2.75) is 33.3 Å². The number of phenols is 1. The SMILES string of the molecule is CCCc1c(OCc2cccc(NC(=O)c3cccc(C#N)c3)c2)ccc(C(C)=O)c1O. The maximum atomic E-state index is 12.5. The molecule has 32 heavy (non-hydrogen) atoms. The van der Waals surface area contributed by atoms with Gasteiger partial charge in [0.2, 0.25) is 0 Å². The van der Waals surface area contributed by atoms with Gasteiger partial charge in [0.05, 0.1) is 17.2 Å². The van der Waals surface area contributed by atoms with Crippen LogP contribution in [0, 0.1) is 11.3 Å². The van der Waals surface area contributed by atoms with E-state index in [4.69, 9.17) is 10.00 Å². The Balaban J connectivity index is 1.74. The second-order valence-corrected chi connectivity index (χ2v) is 7.38. The molecular formula is C26H24N2O4. The fourth-order valence-corrected chi connectivity index (χ4v) is 3.36. The summed E-state index contributed by atoms with van der Waals surface area (Å²) >= 11 is 0. The highest BCUT2D eigenvalue weighted by Gasteiger charge is 2.16. The zero-order chi connectivity index (χ0) is 23.1. The first kappa shape index (κ1) is 22.6. The van der Waals surface area contributed by atoms with Crippen LogP contribution in [0.1, 0.15) is 57.7 Å². The number of ketones is 1. The van der Waals surface area contributed by atoms with Crippen LogP contribution >= 0.6 is 0 Å². The molecule has 3 aromatic rings. The predicted octanol–water partition coefficient (Wildman–Crippen LogP) is 5.25. The predicted molar refractivity (Wildman–Crippen MR) is 122 cm³/mol. The van der Waals surface area contributed by atoms with Crippen molar-refractivity contribution in [1.29, 1.82) is 5.26 Å². The summed E-state index contributed by atoms with van der Waals surface area (Å²) in [6, 6.07) is 19.0. The number of carbonyl (C=O) groups excluding carboxylic acids is 2. The molecular weight excluding hydrogens is 404 g/mol. The highest BCUT2D eigenvalue weighted by Crippen LogP contribution is 2.33. The van der Waals surface area contributed by atoms with E-state index in [1.54, 1.807) is 42.5 Å². The first-order valence-corrected chi connectivity index (χ1v) is 10.3. The molecule has 0 heterocycles. The molecule has 6 nitrogen and oxygen atoms in total. The first-order valence-electron chi connectivity index (χ1n) is 10.3. The van der Waals surface area contributed by atoms with Crippen LogP contribution in [0.2, 0.25) is 0 Å². The molecule has 1 amide bonds. The van der Waals surface area contributed by atoms with Crippen molar-refractivity contribution in [2.24, 2.45) is 0 Å². The third kappa shape index (κ3) is 5.32. The maximum Gasteiger partial charge on any atom is 0.255 e. The standard InChI is InChI=1S/C26H24N2O4/c1-3-6-23-24(12-11-22(17(2)29)25(23)30)32-16-19-8-5-10-21(14-19)28-26(31)20-9-4-7-18(13-20)15-27/h4-5,7-14,30H,3,6,16H2,1-2H3,(H,28,31). The fourth-order valence-electron chi connectivity index (χ4n) is 3.36. The summed E-state index contributed by atoms with van der Waals surface area (Å²) in [5, 5.41) is 22.3. The number of anilines is 1. The van der Waals surface area contributed by atoms with Gasteiger partial charge in [0.15, 0.2) is 5.78 Å². The summed E-state index contributed by atoms with van der Waals surface area (Å²) in [7, 11) is 0. The molecule has 0 radical (unpaired) electrons. The zero-order valence-electron chi connectivity index (χ0n) is 18.0. The highest BCUT2D eigenvalue weighted by molar-refractivity contribution is 6.04. The van der Waals surface area contributed by atoms with E-state index in [-0.39, 0.29) is 29.6 Å². The molecule has 3 aromatic carbocycles. The lowest BCUT2D eigenvalue weighted by Crippen LogP contribution is -2.12. The topological polar surface area (TPSA) is 99.4 Å². The van der Waals surface area contributed by atoms with Crippen LogP contribution in [0.4, 0.5) is 5.69 Å². The van der Waals surface area contributed by atoms with E-state index in [1.165, 1.54) is 13.0 Å². The average Bonchev–Trinajstić information content (AvgIpc) is 2.79. The number of phenolic OH excluding ortho intramolecular Hbond substituents is 1. The molecule has 3 rings (SSSR count). The van der Waals surface area contributed by atoms with Gasteiger partial charge < -0.3 is 15.2 Å². The Bertz CT molecular complexity index is 1190. The smallest absolute Gasteiger partial charge is 0.255 e. The number of nitriles is 1. The van der Waals surface area contributed by atoms with Crippen LogP contribution in [0.5, 0.6) is 11.5 Å². The lowest BCUT2D eigenvalue weighted by molar-refractivity contribution is 0.101. The number of Topliss-reactive ketones (excluding diaryl/α,β-unsaturated/α-hetero) is 1. The van der Waals surface area contributed by atoms with Crippen molar-refractivity contribution >= 4 is 17.4 Å². The van der Waals surface area contributed by atoms with E-state index in [0.717, 1.165) is 12.0 Å². The molecule has 0 saturated heterocycles. The number of carbonyl (C=O) groups is 2. The summed E-state index contributed by atoms with van der Waals surface area (Å²) < 4.78 is 5.95. The van der Waals surface area contributed by atoms with Crippen LogP contribution in [0.3, 0.4) is 0 Å². The quantitative estimate of drug-likeness (QED) is 0.477. The Labute approximate surface area is 187 Å². The third-order valence-electron chi connectivity index (χ3n) is 4.95. The van der Waals surface area contributed by atoms with Crippen molar-refractivity contribution in [3.05, 3.63) is 88.5 Å². The Morgan fingerprint density at radius 1 is 1.09 bits per heavy atom. The number of aromatic hydroxyl groups is 1. The van der Waals surface area contributed by atoms with Crippen LogP contribution < -0.4 is 10.1 Å². The number of hydrogen-bond donors (Lipinski definition) is 2. The van der Waals surface area contributed by atoms with Gasteiger partial charge in [0.1, 0.15) is 18.1 Å². The summed E-state index contributed by atoms with van der Waals surface area (Å²) in [4.78, 5) is 24.2. The number of nitrogens with one attached hydrogen (secondary N) is 1. The zero-order valence-corrected chi connectivity index (χ0v) is 18.0. The monoisotopic (exact) mass is 428 g/mol. The number of ether oxygens (including phenoxy) is 1. The van der Waals surface area contributed by atoms with Crippen LogP contribution in [-0.2, 0) is 13.0 Å². The first-order chi connectivity index (χ1) is 15.4. The Morgan fingerprint density at radius 3 is 2.59 bits per heavy atom. The normalized spacial score (nSPS) is 10.3. The molecule has 162 valence electrons. The second-order valence-electron chi connectivity index (χ2n) is 7.38. The van der Waals surface area contributed by atoms with Crippen molar-refractivity contribution in [1.82, 2.24) is 0 Å². The van der Waals surface area contributed by atoms with Gasteiger partial charge in [-0.05, 0) is 61.4 Å². The van der Waals surface area contributed by atoms with E-state index in [0.29, 0.717) is 34.5 Å². The van der Waals surface area contributed by atoms with Crippen molar-refractivity contribution in [3.8, 4) is 17.6 Å². The number of benzene rings is 3. The number of hydrogen-bond acceptors (Lipinski definition) is 5. The Kier molecular flexibility index (Phi) is 7.25. The van der Waals surface area contributed by atoms with Gasteiger partial charge in [0.25, 0.3) is 5.91 Å². The van der Waals surface area contributed by atoms with Gasteiger partial charge in [-0.1, -0.05) is 31.5 Å².